The molecule has 0 saturated heterocycles. The average molecular weight is 315 g/mol. The molecule has 4 heteroatoms. The Morgan fingerprint density at radius 1 is 1.14 bits per heavy atom. The van der Waals surface area contributed by atoms with Gasteiger partial charge in [-0.2, -0.15) is 0 Å². The van der Waals surface area contributed by atoms with Crippen LogP contribution in [-0.4, -0.2) is 16.2 Å². The third kappa shape index (κ3) is 3.09. The zero-order valence-electron chi connectivity index (χ0n) is 12.8. The highest BCUT2D eigenvalue weighted by molar-refractivity contribution is 6.32. The van der Waals surface area contributed by atoms with Crippen molar-refractivity contribution in [2.75, 3.05) is 6.61 Å². The van der Waals surface area contributed by atoms with Crippen molar-refractivity contribution in [1.82, 2.24) is 9.55 Å². The standard InChI is InChI=1S/C18H19ClN2O/c1-13-10-15(11-14(2)18(13)19)22-9-5-8-21-12-20-16-6-3-4-7-17(16)21/h3-4,6-7,10-12H,5,8-9H2,1-2H3. The van der Waals surface area contributed by atoms with E-state index in [0.717, 1.165) is 40.4 Å². The zero-order valence-corrected chi connectivity index (χ0v) is 13.6. The minimum Gasteiger partial charge on any atom is -0.494 e. The molecule has 0 amide bonds. The second kappa shape index (κ2) is 6.41. The Kier molecular flexibility index (Phi) is 4.34. The summed E-state index contributed by atoms with van der Waals surface area (Å²) in [5.74, 6) is 0.884. The Balaban J connectivity index is 1.58. The summed E-state index contributed by atoms with van der Waals surface area (Å²) in [6.45, 7) is 5.57. The van der Waals surface area contributed by atoms with Crippen molar-refractivity contribution in [3.8, 4) is 5.75 Å². The number of benzene rings is 2. The fraction of sp³-hybridized carbons (Fsp3) is 0.278. The van der Waals surface area contributed by atoms with Crippen molar-refractivity contribution in [2.45, 2.75) is 26.8 Å². The normalized spacial score (nSPS) is 11.0. The highest BCUT2D eigenvalue weighted by atomic mass is 35.5. The maximum Gasteiger partial charge on any atom is 0.119 e. The van der Waals surface area contributed by atoms with E-state index < -0.39 is 0 Å². The minimum atomic E-state index is 0.674. The molecule has 0 N–H and O–H groups in total. The lowest BCUT2D eigenvalue weighted by molar-refractivity contribution is 0.302. The van der Waals surface area contributed by atoms with Crippen LogP contribution in [0.2, 0.25) is 5.02 Å². The van der Waals surface area contributed by atoms with E-state index in [0.29, 0.717) is 6.61 Å². The highest BCUT2D eigenvalue weighted by Gasteiger charge is 2.04. The molecule has 22 heavy (non-hydrogen) atoms. The zero-order chi connectivity index (χ0) is 15.5. The number of nitrogens with zero attached hydrogens (tertiary/aromatic N) is 2. The van der Waals surface area contributed by atoms with E-state index in [1.165, 1.54) is 5.52 Å². The van der Waals surface area contributed by atoms with E-state index >= 15 is 0 Å². The van der Waals surface area contributed by atoms with Gasteiger partial charge in [0.1, 0.15) is 5.75 Å². The van der Waals surface area contributed by atoms with Crippen molar-refractivity contribution >= 4 is 22.6 Å². The van der Waals surface area contributed by atoms with E-state index in [9.17, 15) is 0 Å². The van der Waals surface area contributed by atoms with Crippen molar-refractivity contribution in [3.05, 3.63) is 58.9 Å². The second-order valence-corrected chi connectivity index (χ2v) is 5.88. The second-order valence-electron chi connectivity index (χ2n) is 5.50. The Morgan fingerprint density at radius 2 is 1.86 bits per heavy atom. The molecule has 3 rings (SSSR count). The molecule has 0 aliphatic heterocycles. The first kappa shape index (κ1) is 14.9. The van der Waals surface area contributed by atoms with E-state index in [1.54, 1.807) is 0 Å². The monoisotopic (exact) mass is 314 g/mol. The molecule has 0 atom stereocenters. The van der Waals surface area contributed by atoms with Gasteiger partial charge in [0, 0.05) is 11.6 Å². The van der Waals surface area contributed by atoms with Gasteiger partial charge in [0.15, 0.2) is 0 Å². The van der Waals surface area contributed by atoms with Gasteiger partial charge in [-0.25, -0.2) is 4.98 Å². The smallest absolute Gasteiger partial charge is 0.119 e. The Bertz CT molecular complexity index is 772. The van der Waals surface area contributed by atoms with E-state index in [4.69, 9.17) is 16.3 Å². The SMILES string of the molecule is Cc1cc(OCCCn2cnc3ccccc32)cc(C)c1Cl. The predicted molar refractivity (Wildman–Crippen MR) is 90.8 cm³/mol. The minimum absolute atomic E-state index is 0.674. The quantitative estimate of drug-likeness (QED) is 0.634. The lowest BCUT2D eigenvalue weighted by atomic mass is 10.1. The largest absolute Gasteiger partial charge is 0.494 e. The van der Waals surface area contributed by atoms with Gasteiger partial charge in [-0.3, -0.25) is 0 Å². The van der Waals surface area contributed by atoms with Crippen LogP contribution in [0.15, 0.2) is 42.7 Å². The summed E-state index contributed by atoms with van der Waals surface area (Å²) >= 11 is 6.17. The molecule has 0 spiro atoms. The lowest BCUT2D eigenvalue weighted by Gasteiger charge is -2.10. The molecule has 2 aromatic carbocycles. The molecular formula is C18H19ClN2O. The summed E-state index contributed by atoms with van der Waals surface area (Å²) < 4.78 is 8.00. The highest BCUT2D eigenvalue weighted by Crippen LogP contribution is 2.25. The molecule has 0 radical (unpaired) electrons. The fourth-order valence-corrected chi connectivity index (χ4v) is 2.71. The molecular weight excluding hydrogens is 296 g/mol. The van der Waals surface area contributed by atoms with E-state index in [2.05, 4.69) is 15.6 Å². The molecule has 1 aromatic heterocycles. The van der Waals surface area contributed by atoms with Crippen molar-refractivity contribution in [2.24, 2.45) is 0 Å². The van der Waals surface area contributed by atoms with Gasteiger partial charge in [-0.05, 0) is 55.7 Å². The van der Waals surface area contributed by atoms with Crippen molar-refractivity contribution in [3.63, 3.8) is 0 Å². The van der Waals surface area contributed by atoms with Crippen LogP contribution >= 0.6 is 11.6 Å². The summed E-state index contributed by atoms with van der Waals surface area (Å²) in [4.78, 5) is 4.40. The molecule has 1 heterocycles. The summed E-state index contributed by atoms with van der Waals surface area (Å²) in [5.41, 5.74) is 4.31. The van der Waals surface area contributed by atoms with E-state index in [-0.39, 0.29) is 0 Å². The number of aromatic nitrogens is 2. The number of para-hydroxylation sites is 2. The van der Waals surface area contributed by atoms with Gasteiger partial charge in [0.25, 0.3) is 0 Å². The van der Waals surface area contributed by atoms with Gasteiger partial charge in [0.2, 0.25) is 0 Å². The Hall–Kier alpha value is -2.00. The van der Waals surface area contributed by atoms with Crippen LogP contribution < -0.4 is 4.74 Å². The van der Waals surface area contributed by atoms with Crippen molar-refractivity contribution in [1.29, 1.82) is 0 Å². The number of aryl methyl sites for hydroxylation is 3. The first-order valence-electron chi connectivity index (χ1n) is 7.44. The van der Waals surface area contributed by atoms with Gasteiger partial charge >= 0.3 is 0 Å². The number of ether oxygens (including phenoxy) is 1. The maximum atomic E-state index is 6.17. The van der Waals surface area contributed by atoms with Crippen LogP contribution in [0.1, 0.15) is 17.5 Å². The van der Waals surface area contributed by atoms with Crippen LogP contribution in [0.3, 0.4) is 0 Å². The molecule has 0 unspecified atom stereocenters. The van der Waals surface area contributed by atoms with Crippen LogP contribution in [0.25, 0.3) is 11.0 Å². The number of halogens is 1. The first-order valence-corrected chi connectivity index (χ1v) is 7.82. The predicted octanol–water partition coefficient (Wildman–Crippen LogP) is 4.78. The number of imidazole rings is 1. The Morgan fingerprint density at radius 3 is 2.64 bits per heavy atom. The molecule has 3 aromatic rings. The number of hydrogen-bond donors (Lipinski definition) is 0. The maximum absolute atomic E-state index is 6.17. The van der Waals surface area contributed by atoms with Crippen LogP contribution in [-0.2, 0) is 6.54 Å². The molecule has 0 aliphatic rings. The number of hydrogen-bond acceptors (Lipinski definition) is 2. The topological polar surface area (TPSA) is 27.1 Å². The molecule has 114 valence electrons. The third-order valence-electron chi connectivity index (χ3n) is 3.75. The summed E-state index contributed by atoms with van der Waals surface area (Å²) in [6.07, 6.45) is 2.82. The first-order chi connectivity index (χ1) is 10.6. The van der Waals surface area contributed by atoms with Gasteiger partial charge in [-0.15, -0.1) is 0 Å². The molecule has 0 fully saturated rings. The van der Waals surface area contributed by atoms with Gasteiger partial charge in [-0.1, -0.05) is 23.7 Å². The van der Waals surface area contributed by atoms with Gasteiger partial charge in [0.05, 0.1) is 24.0 Å². The van der Waals surface area contributed by atoms with Gasteiger partial charge < -0.3 is 9.30 Å². The summed E-state index contributed by atoms with van der Waals surface area (Å²) in [5, 5.41) is 0.817. The average Bonchev–Trinajstić information content (AvgIpc) is 2.92. The van der Waals surface area contributed by atoms with Crippen LogP contribution in [0, 0.1) is 13.8 Å². The van der Waals surface area contributed by atoms with Crippen LogP contribution in [0.5, 0.6) is 5.75 Å². The van der Waals surface area contributed by atoms with Crippen LogP contribution in [0.4, 0.5) is 0 Å². The molecule has 0 bridgehead atoms. The number of fused-ring (bicyclic) bond motifs is 1. The van der Waals surface area contributed by atoms with Crippen molar-refractivity contribution < 1.29 is 4.74 Å². The number of rotatable bonds is 5. The molecule has 0 aliphatic carbocycles. The molecule has 0 saturated carbocycles. The lowest BCUT2D eigenvalue weighted by Crippen LogP contribution is -2.04. The fourth-order valence-electron chi connectivity index (χ4n) is 2.60. The third-order valence-corrected chi connectivity index (χ3v) is 4.35. The molecule has 3 nitrogen and oxygen atoms in total. The van der Waals surface area contributed by atoms with E-state index in [1.807, 2.05) is 50.5 Å². The Labute approximate surface area is 135 Å². The summed E-state index contributed by atoms with van der Waals surface area (Å²) in [7, 11) is 0. The summed E-state index contributed by atoms with van der Waals surface area (Å²) in [6, 6.07) is 12.1.